The number of nitrogens with zero attached hydrogens (tertiary/aromatic N) is 3. The second kappa shape index (κ2) is 5.30. The Balaban J connectivity index is 1.96. The summed E-state index contributed by atoms with van der Waals surface area (Å²) in [7, 11) is 0. The lowest BCUT2D eigenvalue weighted by atomic mass is 10.0. The molecule has 6 heteroatoms. The predicted octanol–water partition coefficient (Wildman–Crippen LogP) is 0.156. The Labute approximate surface area is 113 Å². The Morgan fingerprint density at radius 1 is 1.63 bits per heavy atom. The maximum absolute atomic E-state index is 12.1. The van der Waals surface area contributed by atoms with E-state index in [1.54, 1.807) is 18.7 Å². The minimum Gasteiger partial charge on any atom is -0.373 e. The van der Waals surface area contributed by atoms with Gasteiger partial charge in [0.05, 0.1) is 31.0 Å². The highest BCUT2D eigenvalue weighted by atomic mass is 16.5. The summed E-state index contributed by atoms with van der Waals surface area (Å²) in [5.74, 6) is -0.0301. The lowest BCUT2D eigenvalue weighted by molar-refractivity contribution is -0.143. The predicted molar refractivity (Wildman–Crippen MR) is 71.6 cm³/mol. The van der Waals surface area contributed by atoms with E-state index in [0.717, 1.165) is 5.56 Å². The van der Waals surface area contributed by atoms with Crippen LogP contribution in [0.3, 0.4) is 0 Å². The molecule has 0 spiro atoms. The van der Waals surface area contributed by atoms with Gasteiger partial charge in [-0.15, -0.1) is 0 Å². The number of carbonyl (C=O) groups excluding carboxylic acids is 1. The minimum absolute atomic E-state index is 0.0284. The van der Waals surface area contributed by atoms with E-state index >= 15 is 0 Å². The molecule has 2 rings (SSSR count). The quantitative estimate of drug-likeness (QED) is 0.845. The summed E-state index contributed by atoms with van der Waals surface area (Å²) in [5.41, 5.74) is 6.15. The van der Waals surface area contributed by atoms with Crippen LogP contribution in [0.15, 0.2) is 12.4 Å². The third-order valence-electron chi connectivity index (χ3n) is 3.13. The fraction of sp³-hybridized carbons (Fsp3) is 0.692. The van der Waals surface area contributed by atoms with Gasteiger partial charge in [-0.1, -0.05) is 0 Å². The molecule has 106 valence electrons. The third-order valence-corrected chi connectivity index (χ3v) is 3.13. The van der Waals surface area contributed by atoms with Gasteiger partial charge in [0, 0.05) is 19.3 Å². The van der Waals surface area contributed by atoms with E-state index in [1.165, 1.54) is 0 Å². The highest BCUT2D eigenvalue weighted by molar-refractivity contribution is 5.85. The molecule has 1 saturated heterocycles. The van der Waals surface area contributed by atoms with Gasteiger partial charge in [-0.2, -0.15) is 5.10 Å². The van der Waals surface area contributed by atoms with Crippen LogP contribution < -0.4 is 5.73 Å². The molecule has 1 aliphatic rings. The number of hydrogen-bond donors (Lipinski definition) is 1. The zero-order valence-electron chi connectivity index (χ0n) is 11.8. The molecule has 1 amide bonds. The molecule has 0 bridgehead atoms. The van der Waals surface area contributed by atoms with Crippen LogP contribution in [0.1, 0.15) is 19.4 Å². The lowest BCUT2D eigenvalue weighted by Gasteiger charge is -2.36. The number of morpholine rings is 1. The molecule has 1 atom stereocenters. The molecular weight excluding hydrogens is 244 g/mol. The standard InChI is InChI=1S/C13H22N4O2/c1-10-6-15-17(7-10)9-11-8-16(4-5-19-11)12(18)13(2,3)14/h6-7,11H,4-5,8-9,14H2,1-3H3. The summed E-state index contributed by atoms with van der Waals surface area (Å²) in [6.07, 6.45) is 3.76. The monoisotopic (exact) mass is 266 g/mol. The molecule has 1 aliphatic heterocycles. The number of amides is 1. The molecule has 19 heavy (non-hydrogen) atoms. The molecular formula is C13H22N4O2. The smallest absolute Gasteiger partial charge is 0.242 e. The number of ether oxygens (including phenoxy) is 1. The maximum atomic E-state index is 12.1. The first-order valence-corrected chi connectivity index (χ1v) is 6.55. The van der Waals surface area contributed by atoms with E-state index in [0.29, 0.717) is 26.2 Å². The third kappa shape index (κ3) is 3.54. The van der Waals surface area contributed by atoms with E-state index in [9.17, 15) is 4.79 Å². The summed E-state index contributed by atoms with van der Waals surface area (Å²) in [6, 6.07) is 0. The van der Waals surface area contributed by atoms with Crippen molar-refractivity contribution < 1.29 is 9.53 Å². The SMILES string of the molecule is Cc1cnn(CC2CN(C(=O)C(C)(C)N)CCO2)c1. The number of aromatic nitrogens is 2. The average Bonchev–Trinajstić information content (AvgIpc) is 2.73. The topological polar surface area (TPSA) is 73.4 Å². The van der Waals surface area contributed by atoms with E-state index in [-0.39, 0.29) is 12.0 Å². The second-order valence-corrected chi connectivity index (χ2v) is 5.71. The number of nitrogens with two attached hydrogens (primary N) is 1. The number of aryl methyl sites for hydroxylation is 1. The Morgan fingerprint density at radius 3 is 2.95 bits per heavy atom. The summed E-state index contributed by atoms with van der Waals surface area (Å²) < 4.78 is 7.54. The normalized spacial score (nSPS) is 20.6. The number of carbonyl (C=O) groups is 1. The van der Waals surface area contributed by atoms with Crippen LogP contribution in [0.2, 0.25) is 0 Å². The van der Waals surface area contributed by atoms with Crippen LogP contribution >= 0.6 is 0 Å². The second-order valence-electron chi connectivity index (χ2n) is 5.71. The van der Waals surface area contributed by atoms with Crippen molar-refractivity contribution in [2.24, 2.45) is 5.73 Å². The van der Waals surface area contributed by atoms with E-state index in [4.69, 9.17) is 10.5 Å². The van der Waals surface area contributed by atoms with E-state index in [2.05, 4.69) is 5.10 Å². The first-order chi connectivity index (χ1) is 8.86. The van der Waals surface area contributed by atoms with Gasteiger partial charge < -0.3 is 15.4 Å². The molecule has 2 heterocycles. The van der Waals surface area contributed by atoms with Crippen LogP contribution in [-0.4, -0.2) is 51.9 Å². The van der Waals surface area contributed by atoms with Crippen molar-refractivity contribution in [1.29, 1.82) is 0 Å². The Bertz CT molecular complexity index is 450. The molecule has 0 radical (unpaired) electrons. The van der Waals surface area contributed by atoms with Gasteiger partial charge in [0.1, 0.15) is 0 Å². The molecule has 0 aliphatic carbocycles. The molecule has 0 aromatic carbocycles. The van der Waals surface area contributed by atoms with Gasteiger partial charge in [-0.05, 0) is 26.3 Å². The lowest BCUT2D eigenvalue weighted by Crippen LogP contribution is -2.56. The van der Waals surface area contributed by atoms with Crippen molar-refractivity contribution in [3.8, 4) is 0 Å². The highest BCUT2D eigenvalue weighted by Gasteiger charge is 2.31. The summed E-state index contributed by atoms with van der Waals surface area (Å²) in [4.78, 5) is 13.9. The minimum atomic E-state index is -0.829. The van der Waals surface area contributed by atoms with Crippen LogP contribution in [0.5, 0.6) is 0 Å². The molecule has 1 aromatic heterocycles. The average molecular weight is 266 g/mol. The van der Waals surface area contributed by atoms with Crippen LogP contribution in [0.4, 0.5) is 0 Å². The van der Waals surface area contributed by atoms with Gasteiger partial charge in [-0.3, -0.25) is 9.48 Å². The van der Waals surface area contributed by atoms with Crippen molar-refractivity contribution in [1.82, 2.24) is 14.7 Å². The largest absolute Gasteiger partial charge is 0.373 e. The molecule has 2 N–H and O–H groups in total. The van der Waals surface area contributed by atoms with Gasteiger partial charge in [0.2, 0.25) is 5.91 Å². The number of rotatable bonds is 3. The summed E-state index contributed by atoms with van der Waals surface area (Å²) >= 11 is 0. The van der Waals surface area contributed by atoms with Crippen molar-refractivity contribution in [3.63, 3.8) is 0 Å². The Kier molecular flexibility index (Phi) is 3.91. The van der Waals surface area contributed by atoms with Gasteiger partial charge in [0.15, 0.2) is 0 Å². The fourth-order valence-corrected chi connectivity index (χ4v) is 2.20. The molecule has 1 unspecified atom stereocenters. The van der Waals surface area contributed by atoms with Crippen LogP contribution in [0.25, 0.3) is 0 Å². The summed E-state index contributed by atoms with van der Waals surface area (Å²) in [6.45, 7) is 7.84. The van der Waals surface area contributed by atoms with Crippen molar-refractivity contribution in [2.45, 2.75) is 39.0 Å². The van der Waals surface area contributed by atoms with Crippen molar-refractivity contribution in [2.75, 3.05) is 19.7 Å². The zero-order chi connectivity index (χ0) is 14.0. The first kappa shape index (κ1) is 14.0. The van der Waals surface area contributed by atoms with Gasteiger partial charge in [-0.25, -0.2) is 0 Å². The van der Waals surface area contributed by atoms with Crippen LogP contribution in [-0.2, 0) is 16.1 Å². The van der Waals surface area contributed by atoms with Crippen molar-refractivity contribution >= 4 is 5.91 Å². The molecule has 6 nitrogen and oxygen atoms in total. The maximum Gasteiger partial charge on any atom is 0.242 e. The zero-order valence-corrected chi connectivity index (χ0v) is 11.8. The van der Waals surface area contributed by atoms with Crippen molar-refractivity contribution in [3.05, 3.63) is 18.0 Å². The summed E-state index contributed by atoms with van der Waals surface area (Å²) in [5, 5.41) is 4.24. The molecule has 0 saturated carbocycles. The Morgan fingerprint density at radius 2 is 2.37 bits per heavy atom. The van der Waals surface area contributed by atoms with Crippen LogP contribution in [0, 0.1) is 6.92 Å². The fourth-order valence-electron chi connectivity index (χ4n) is 2.20. The highest BCUT2D eigenvalue weighted by Crippen LogP contribution is 2.12. The van der Waals surface area contributed by atoms with E-state index < -0.39 is 5.54 Å². The Hall–Kier alpha value is -1.40. The first-order valence-electron chi connectivity index (χ1n) is 6.55. The molecule has 1 aromatic rings. The van der Waals surface area contributed by atoms with Gasteiger partial charge in [0.25, 0.3) is 0 Å². The molecule has 1 fully saturated rings. The van der Waals surface area contributed by atoms with E-state index in [1.807, 2.05) is 24.0 Å². The van der Waals surface area contributed by atoms with Gasteiger partial charge >= 0.3 is 0 Å². The number of hydrogen-bond acceptors (Lipinski definition) is 4.